The highest BCUT2D eigenvalue weighted by Gasteiger charge is 2.16. The molecule has 0 atom stereocenters. The first-order valence-electron chi connectivity index (χ1n) is 4.19. The predicted molar refractivity (Wildman–Crippen MR) is 54.0 cm³/mol. The predicted octanol–water partition coefficient (Wildman–Crippen LogP) is 2.19. The summed E-state index contributed by atoms with van der Waals surface area (Å²) < 4.78 is 36.2. The number of furan rings is 1. The number of rotatable bonds is 2. The summed E-state index contributed by atoms with van der Waals surface area (Å²) in [5, 5.41) is 0. The lowest BCUT2D eigenvalue weighted by molar-refractivity contribution is 0.482. The van der Waals surface area contributed by atoms with Crippen LogP contribution in [0.3, 0.4) is 0 Å². The van der Waals surface area contributed by atoms with Gasteiger partial charge in [-0.25, -0.2) is 0 Å². The van der Waals surface area contributed by atoms with Crippen LogP contribution in [0.2, 0.25) is 0 Å². The fourth-order valence-corrected chi connectivity index (χ4v) is 2.02. The SMILES string of the molecule is O=S(=O)(O)c1ccccc1-c1ccco1. The van der Waals surface area contributed by atoms with Gasteiger partial charge >= 0.3 is 0 Å². The minimum atomic E-state index is -4.22. The third kappa shape index (κ3) is 1.93. The average molecular weight is 224 g/mol. The monoisotopic (exact) mass is 224 g/mol. The second kappa shape index (κ2) is 3.52. The van der Waals surface area contributed by atoms with Gasteiger partial charge in [-0.3, -0.25) is 4.55 Å². The molecule has 0 radical (unpaired) electrons. The lowest BCUT2D eigenvalue weighted by Crippen LogP contribution is -1.99. The first-order chi connectivity index (χ1) is 7.09. The van der Waals surface area contributed by atoms with Gasteiger partial charge in [0.2, 0.25) is 0 Å². The van der Waals surface area contributed by atoms with Crippen molar-refractivity contribution in [1.82, 2.24) is 0 Å². The van der Waals surface area contributed by atoms with Gasteiger partial charge < -0.3 is 4.42 Å². The lowest BCUT2D eigenvalue weighted by Gasteiger charge is -2.03. The lowest BCUT2D eigenvalue weighted by atomic mass is 10.2. The van der Waals surface area contributed by atoms with E-state index in [9.17, 15) is 8.42 Å². The summed E-state index contributed by atoms with van der Waals surface area (Å²) in [5.41, 5.74) is 0.352. The van der Waals surface area contributed by atoms with Gasteiger partial charge in [0.05, 0.1) is 6.26 Å². The molecule has 0 aliphatic carbocycles. The molecular formula is C10H8O4S. The normalized spacial score (nSPS) is 11.5. The molecule has 2 rings (SSSR count). The molecule has 15 heavy (non-hydrogen) atoms. The van der Waals surface area contributed by atoms with Crippen LogP contribution in [0.25, 0.3) is 11.3 Å². The molecule has 0 saturated carbocycles. The van der Waals surface area contributed by atoms with Gasteiger partial charge in [0, 0.05) is 5.56 Å². The van der Waals surface area contributed by atoms with E-state index >= 15 is 0 Å². The van der Waals surface area contributed by atoms with Crippen molar-refractivity contribution in [2.45, 2.75) is 4.90 Å². The van der Waals surface area contributed by atoms with Crippen molar-refractivity contribution >= 4 is 10.1 Å². The minimum Gasteiger partial charge on any atom is -0.464 e. The Morgan fingerprint density at radius 1 is 1.07 bits per heavy atom. The van der Waals surface area contributed by atoms with Crippen molar-refractivity contribution in [3.8, 4) is 11.3 Å². The van der Waals surface area contributed by atoms with Crippen LogP contribution < -0.4 is 0 Å². The van der Waals surface area contributed by atoms with E-state index in [2.05, 4.69) is 0 Å². The molecule has 0 bridgehead atoms. The Balaban J connectivity index is 2.68. The Morgan fingerprint density at radius 2 is 1.80 bits per heavy atom. The Hall–Kier alpha value is -1.59. The zero-order valence-electron chi connectivity index (χ0n) is 7.62. The summed E-state index contributed by atoms with van der Waals surface area (Å²) in [6.45, 7) is 0. The molecule has 0 unspecified atom stereocenters. The van der Waals surface area contributed by atoms with E-state index < -0.39 is 10.1 Å². The maximum absolute atomic E-state index is 11.1. The zero-order valence-corrected chi connectivity index (χ0v) is 8.44. The number of hydrogen-bond acceptors (Lipinski definition) is 3. The van der Waals surface area contributed by atoms with Crippen LogP contribution >= 0.6 is 0 Å². The minimum absolute atomic E-state index is 0.153. The molecule has 0 fully saturated rings. The average Bonchev–Trinajstić information content (AvgIpc) is 2.69. The fraction of sp³-hybridized carbons (Fsp3) is 0. The smallest absolute Gasteiger partial charge is 0.295 e. The topological polar surface area (TPSA) is 67.5 Å². The third-order valence-electron chi connectivity index (χ3n) is 1.95. The Kier molecular flexibility index (Phi) is 2.34. The second-order valence-electron chi connectivity index (χ2n) is 2.95. The summed E-state index contributed by atoms with van der Waals surface area (Å²) in [4.78, 5) is -0.153. The summed E-state index contributed by atoms with van der Waals surface area (Å²) in [7, 11) is -4.22. The molecule has 78 valence electrons. The molecule has 1 aromatic heterocycles. The van der Waals surface area contributed by atoms with Crippen molar-refractivity contribution in [3.05, 3.63) is 42.7 Å². The molecule has 0 spiro atoms. The van der Waals surface area contributed by atoms with Gasteiger partial charge in [-0.1, -0.05) is 12.1 Å². The maximum atomic E-state index is 11.1. The van der Waals surface area contributed by atoms with Crippen LogP contribution in [0.5, 0.6) is 0 Å². The Labute approximate surface area is 86.9 Å². The molecule has 4 nitrogen and oxygen atoms in total. The van der Waals surface area contributed by atoms with E-state index in [1.165, 1.54) is 18.4 Å². The highest BCUT2D eigenvalue weighted by Crippen LogP contribution is 2.26. The van der Waals surface area contributed by atoms with Gasteiger partial charge in [-0.15, -0.1) is 0 Å². The van der Waals surface area contributed by atoms with Crippen LogP contribution in [0.4, 0.5) is 0 Å². The molecule has 1 N–H and O–H groups in total. The van der Waals surface area contributed by atoms with Crippen LogP contribution in [0.15, 0.2) is 52.0 Å². The molecule has 0 amide bonds. The maximum Gasteiger partial charge on any atom is 0.295 e. The summed E-state index contributed by atoms with van der Waals surface area (Å²) in [6.07, 6.45) is 1.44. The van der Waals surface area contributed by atoms with Crippen molar-refractivity contribution in [2.75, 3.05) is 0 Å². The summed E-state index contributed by atoms with van der Waals surface area (Å²) in [5.74, 6) is 0.406. The third-order valence-corrected chi connectivity index (χ3v) is 2.86. The first-order valence-corrected chi connectivity index (χ1v) is 5.63. The molecule has 0 aliphatic heterocycles. The van der Waals surface area contributed by atoms with Crippen LogP contribution in [0.1, 0.15) is 0 Å². The van der Waals surface area contributed by atoms with E-state index in [-0.39, 0.29) is 4.90 Å². The number of hydrogen-bond donors (Lipinski definition) is 1. The Morgan fingerprint density at radius 3 is 2.40 bits per heavy atom. The van der Waals surface area contributed by atoms with Crippen molar-refractivity contribution < 1.29 is 17.4 Å². The van der Waals surface area contributed by atoms with Crippen LogP contribution in [-0.4, -0.2) is 13.0 Å². The van der Waals surface area contributed by atoms with Crippen molar-refractivity contribution in [2.24, 2.45) is 0 Å². The van der Waals surface area contributed by atoms with Gasteiger partial charge in [-0.05, 0) is 24.3 Å². The van der Waals surface area contributed by atoms with E-state index in [0.29, 0.717) is 11.3 Å². The Bertz CT molecular complexity index is 555. The van der Waals surface area contributed by atoms with Crippen molar-refractivity contribution in [1.29, 1.82) is 0 Å². The quantitative estimate of drug-likeness (QED) is 0.794. The standard InChI is InChI=1S/C10H8O4S/c11-15(12,13)10-6-2-1-4-8(10)9-5-3-7-14-9/h1-7H,(H,11,12,13). The van der Waals surface area contributed by atoms with E-state index in [4.69, 9.17) is 8.97 Å². The second-order valence-corrected chi connectivity index (χ2v) is 4.34. The number of benzene rings is 1. The molecule has 5 heteroatoms. The summed E-state index contributed by atoms with van der Waals surface area (Å²) in [6, 6.07) is 9.39. The van der Waals surface area contributed by atoms with E-state index in [1.807, 2.05) is 0 Å². The molecule has 0 saturated heterocycles. The van der Waals surface area contributed by atoms with Crippen molar-refractivity contribution in [3.63, 3.8) is 0 Å². The van der Waals surface area contributed by atoms with Gasteiger partial charge in [0.15, 0.2) is 0 Å². The molecule has 2 aromatic rings. The molecule has 1 heterocycles. The molecule has 0 aliphatic rings. The zero-order chi connectivity index (χ0) is 10.9. The highest BCUT2D eigenvalue weighted by atomic mass is 32.2. The largest absolute Gasteiger partial charge is 0.464 e. The molecular weight excluding hydrogens is 216 g/mol. The summed E-state index contributed by atoms with van der Waals surface area (Å²) >= 11 is 0. The van der Waals surface area contributed by atoms with Crippen LogP contribution in [-0.2, 0) is 10.1 Å². The first kappa shape index (κ1) is 9.95. The van der Waals surface area contributed by atoms with Gasteiger partial charge in [0.25, 0.3) is 10.1 Å². The highest BCUT2D eigenvalue weighted by molar-refractivity contribution is 7.86. The fourth-order valence-electron chi connectivity index (χ4n) is 1.33. The van der Waals surface area contributed by atoms with E-state index in [1.54, 1.807) is 24.3 Å². The molecule has 1 aromatic carbocycles. The van der Waals surface area contributed by atoms with Gasteiger partial charge in [-0.2, -0.15) is 8.42 Å². The van der Waals surface area contributed by atoms with Crippen LogP contribution in [0, 0.1) is 0 Å². The van der Waals surface area contributed by atoms with Gasteiger partial charge in [0.1, 0.15) is 10.7 Å². The van der Waals surface area contributed by atoms with E-state index in [0.717, 1.165) is 0 Å².